The number of nitrogens with zero attached hydrogens (tertiary/aromatic N) is 1. The van der Waals surface area contributed by atoms with E-state index < -0.39 is 11.4 Å². The maximum Gasteiger partial charge on any atom is 0.350 e. The van der Waals surface area contributed by atoms with Gasteiger partial charge in [0.1, 0.15) is 6.61 Å². The second-order valence-electron chi connectivity index (χ2n) is 11.7. The highest BCUT2D eigenvalue weighted by Gasteiger charge is 2.64. The maximum atomic E-state index is 13.8. The van der Waals surface area contributed by atoms with E-state index in [9.17, 15) is 4.79 Å². The molecule has 2 fully saturated rings. The van der Waals surface area contributed by atoms with Gasteiger partial charge in [0.05, 0.1) is 24.3 Å². The SMILES string of the molecule is CC[C@H]1C=CCC[C@@]2(C[C@@H]3CC[C@@H]4[C@@H](C(=O)OCC=Cc5ccccc5)[C@]5(CCC[C@@H](C)O5)NC(=[N+]34)N2)O1. The van der Waals surface area contributed by atoms with Crippen LogP contribution < -0.4 is 10.6 Å². The van der Waals surface area contributed by atoms with Crippen molar-refractivity contribution in [3.8, 4) is 0 Å². The molecule has 0 amide bonds. The Morgan fingerprint density at radius 3 is 2.84 bits per heavy atom. The van der Waals surface area contributed by atoms with Gasteiger partial charge in [0.2, 0.25) is 5.72 Å². The van der Waals surface area contributed by atoms with Gasteiger partial charge in [0, 0.05) is 19.3 Å². The molecule has 204 valence electrons. The van der Waals surface area contributed by atoms with Crippen LogP contribution in [0, 0.1) is 5.92 Å². The van der Waals surface area contributed by atoms with E-state index >= 15 is 0 Å². The normalized spacial score (nSPS) is 38.1. The molecule has 7 atom stereocenters. The predicted octanol–water partition coefficient (Wildman–Crippen LogP) is 4.48. The highest BCUT2D eigenvalue weighted by Crippen LogP contribution is 2.45. The Hall–Kier alpha value is -2.64. The molecule has 0 unspecified atom stereocenters. The molecule has 5 heterocycles. The van der Waals surface area contributed by atoms with Crippen molar-refractivity contribution >= 4 is 18.0 Å². The van der Waals surface area contributed by atoms with Gasteiger partial charge >= 0.3 is 11.9 Å². The van der Waals surface area contributed by atoms with Gasteiger partial charge in [-0.1, -0.05) is 55.5 Å². The van der Waals surface area contributed by atoms with Crippen LogP contribution >= 0.6 is 0 Å². The zero-order valence-electron chi connectivity index (χ0n) is 22.7. The molecule has 1 aromatic rings. The lowest BCUT2D eigenvalue weighted by Crippen LogP contribution is -2.76. The van der Waals surface area contributed by atoms with Gasteiger partial charge in [-0.3, -0.25) is 9.37 Å². The first-order valence-corrected chi connectivity index (χ1v) is 14.6. The Kier molecular flexibility index (Phi) is 7.08. The third-order valence-corrected chi connectivity index (χ3v) is 9.03. The monoisotopic (exact) mass is 520 g/mol. The zero-order valence-corrected chi connectivity index (χ0v) is 22.7. The summed E-state index contributed by atoms with van der Waals surface area (Å²) in [5.74, 6) is 0.415. The van der Waals surface area contributed by atoms with Crippen molar-refractivity contribution in [3.05, 3.63) is 54.1 Å². The summed E-state index contributed by atoms with van der Waals surface area (Å²) in [5, 5.41) is 7.58. The molecule has 0 saturated carbocycles. The van der Waals surface area contributed by atoms with E-state index in [2.05, 4.69) is 41.2 Å². The molecule has 38 heavy (non-hydrogen) atoms. The lowest BCUT2D eigenvalue weighted by Gasteiger charge is -2.50. The third-order valence-electron chi connectivity index (χ3n) is 9.03. The van der Waals surface area contributed by atoms with Crippen molar-refractivity contribution in [1.29, 1.82) is 0 Å². The minimum absolute atomic E-state index is 0.0443. The number of hydrogen-bond acceptors (Lipinski definition) is 6. The number of allylic oxidation sites excluding steroid dienone is 1. The van der Waals surface area contributed by atoms with Crippen molar-refractivity contribution in [2.75, 3.05) is 6.61 Å². The number of esters is 1. The Morgan fingerprint density at radius 2 is 2.03 bits per heavy atom. The maximum absolute atomic E-state index is 13.8. The van der Waals surface area contributed by atoms with E-state index in [1.165, 1.54) is 0 Å². The molecule has 7 nitrogen and oxygen atoms in total. The molecule has 5 aliphatic heterocycles. The molecule has 0 aromatic heterocycles. The lowest BCUT2D eigenvalue weighted by atomic mass is 9.80. The Bertz CT molecular complexity index is 1120. The fourth-order valence-corrected chi connectivity index (χ4v) is 7.36. The van der Waals surface area contributed by atoms with Gasteiger partial charge in [-0.15, -0.1) is 0 Å². The van der Waals surface area contributed by atoms with Crippen LogP contribution in [0.2, 0.25) is 0 Å². The summed E-state index contributed by atoms with van der Waals surface area (Å²) in [5.41, 5.74) is -0.0853. The molecule has 2 saturated heterocycles. The Labute approximate surface area is 226 Å². The third kappa shape index (κ3) is 4.79. The lowest BCUT2D eigenvalue weighted by molar-refractivity contribution is -0.609. The van der Waals surface area contributed by atoms with Crippen LogP contribution in [0.3, 0.4) is 0 Å². The van der Waals surface area contributed by atoms with Crippen LogP contribution in [0.5, 0.6) is 0 Å². The van der Waals surface area contributed by atoms with Crippen molar-refractivity contribution in [2.24, 2.45) is 5.92 Å². The van der Waals surface area contributed by atoms with Gasteiger partial charge < -0.3 is 14.2 Å². The number of rotatable bonds is 5. The van der Waals surface area contributed by atoms with E-state index in [1.807, 2.05) is 42.5 Å². The number of guanidine groups is 1. The zero-order chi connectivity index (χ0) is 26.2. The number of benzene rings is 1. The van der Waals surface area contributed by atoms with Crippen LogP contribution in [-0.4, -0.2) is 58.9 Å². The Morgan fingerprint density at radius 1 is 1.16 bits per heavy atom. The Balaban J connectivity index is 1.27. The average Bonchev–Trinajstić information content (AvgIpc) is 3.21. The summed E-state index contributed by atoms with van der Waals surface area (Å²) in [4.78, 5) is 13.8. The summed E-state index contributed by atoms with van der Waals surface area (Å²) >= 11 is 0. The number of carbonyl (C=O) groups excluding carboxylic acids is 1. The van der Waals surface area contributed by atoms with Crippen LogP contribution in [0.25, 0.3) is 6.08 Å². The number of carbonyl (C=O) groups is 1. The predicted molar refractivity (Wildman–Crippen MR) is 146 cm³/mol. The van der Waals surface area contributed by atoms with Crippen molar-refractivity contribution in [3.63, 3.8) is 0 Å². The summed E-state index contributed by atoms with van der Waals surface area (Å²) in [6, 6.07) is 10.5. The fourth-order valence-electron chi connectivity index (χ4n) is 7.36. The summed E-state index contributed by atoms with van der Waals surface area (Å²) in [6.07, 6.45) is 17.2. The highest BCUT2D eigenvalue weighted by atomic mass is 16.6. The van der Waals surface area contributed by atoms with E-state index in [4.69, 9.17) is 14.2 Å². The quantitative estimate of drug-likeness (QED) is 0.339. The van der Waals surface area contributed by atoms with E-state index in [1.54, 1.807) is 0 Å². The molecule has 0 radical (unpaired) electrons. The fraction of sp³-hybridized carbons (Fsp3) is 0.613. The summed E-state index contributed by atoms with van der Waals surface area (Å²) in [6.45, 7) is 4.55. The smallest absolute Gasteiger partial charge is 0.350 e. The molecule has 1 aromatic carbocycles. The minimum Gasteiger partial charge on any atom is -0.461 e. The van der Waals surface area contributed by atoms with Crippen LogP contribution in [0.1, 0.15) is 77.2 Å². The second kappa shape index (κ2) is 10.5. The van der Waals surface area contributed by atoms with E-state index in [0.717, 1.165) is 69.3 Å². The number of hydrogen-bond donors (Lipinski definition) is 2. The van der Waals surface area contributed by atoms with Crippen LogP contribution in [0.15, 0.2) is 48.6 Å². The average molecular weight is 521 g/mol. The summed E-state index contributed by atoms with van der Waals surface area (Å²) < 4.78 is 21.8. The minimum atomic E-state index is -0.776. The first kappa shape index (κ1) is 25.6. The first-order valence-electron chi connectivity index (χ1n) is 14.6. The number of nitrogens with one attached hydrogen (secondary N) is 2. The highest BCUT2D eigenvalue weighted by molar-refractivity contribution is 5.82. The van der Waals surface area contributed by atoms with Crippen molar-refractivity contribution in [1.82, 2.24) is 10.6 Å². The van der Waals surface area contributed by atoms with Crippen molar-refractivity contribution < 1.29 is 23.6 Å². The molecular weight excluding hydrogens is 478 g/mol. The van der Waals surface area contributed by atoms with Crippen LogP contribution in [-0.2, 0) is 19.0 Å². The molecule has 0 aliphatic carbocycles. The molecule has 2 N–H and O–H groups in total. The van der Waals surface area contributed by atoms with Gasteiger partial charge in [-0.2, -0.15) is 0 Å². The van der Waals surface area contributed by atoms with Gasteiger partial charge in [0.25, 0.3) is 0 Å². The van der Waals surface area contributed by atoms with E-state index in [0.29, 0.717) is 6.04 Å². The topological polar surface area (TPSA) is 71.8 Å². The van der Waals surface area contributed by atoms with Gasteiger partial charge in [-0.25, -0.2) is 10.6 Å². The molecule has 0 bridgehead atoms. The number of ether oxygens (including phenoxy) is 3. The standard InChI is InChI=1S/C31H41N3O4/c1-3-25-15-7-8-18-30(38-25)21-24-16-17-26-27(28(35)36-20-10-14-23-12-5-4-6-13-23)31(19-9-11-22(2)37-31)33-29(32-30)34(24)26/h4-7,10,12-15,22,24-27H,3,8-9,11,16-21H2,1-2H3,(H,32,33)/p+1/t22-,24+,25+,26-,27+,30+,31-/m1/s1. The molecule has 2 spiro atoms. The molecule has 5 aliphatic rings. The van der Waals surface area contributed by atoms with Gasteiger partial charge in [-0.05, 0) is 57.1 Å². The van der Waals surface area contributed by atoms with E-state index in [-0.39, 0.29) is 36.7 Å². The second-order valence-corrected chi connectivity index (χ2v) is 11.7. The van der Waals surface area contributed by atoms with Crippen LogP contribution in [0.4, 0.5) is 0 Å². The van der Waals surface area contributed by atoms with Gasteiger partial charge in [0.15, 0.2) is 11.6 Å². The van der Waals surface area contributed by atoms with Crippen molar-refractivity contribution in [2.45, 2.75) is 107 Å². The molecule has 6 rings (SSSR count). The molecular formula is C31H42N3O4+. The molecule has 7 heteroatoms. The first-order chi connectivity index (χ1) is 18.5. The summed E-state index contributed by atoms with van der Waals surface area (Å²) in [7, 11) is 0. The largest absolute Gasteiger partial charge is 0.461 e.